The first-order valence-corrected chi connectivity index (χ1v) is 9.08. The van der Waals surface area contributed by atoms with Crippen LogP contribution in [0, 0.1) is 0 Å². The molecule has 0 bridgehead atoms. The van der Waals surface area contributed by atoms with E-state index in [1.165, 1.54) is 17.6 Å². The molecule has 0 aliphatic carbocycles. The van der Waals surface area contributed by atoms with Gasteiger partial charge in [0.05, 0.1) is 18.2 Å². The maximum absolute atomic E-state index is 11.9. The van der Waals surface area contributed by atoms with Gasteiger partial charge in [-0.25, -0.2) is 13.8 Å². The average Bonchev–Trinajstić information content (AvgIpc) is 2.98. The van der Waals surface area contributed by atoms with Crippen molar-refractivity contribution in [2.75, 3.05) is 17.1 Å². The lowest BCUT2D eigenvalue weighted by Crippen LogP contribution is -2.38. The molecule has 116 valence electrons. The fourth-order valence-corrected chi connectivity index (χ4v) is 3.13. The fourth-order valence-electron chi connectivity index (χ4n) is 1.69. The van der Waals surface area contributed by atoms with Crippen molar-refractivity contribution in [1.29, 1.82) is 0 Å². The summed E-state index contributed by atoms with van der Waals surface area (Å²) in [5, 5.41) is 5.70. The second-order valence-electron chi connectivity index (χ2n) is 4.41. The van der Waals surface area contributed by atoms with E-state index in [0.29, 0.717) is 5.69 Å². The van der Waals surface area contributed by atoms with E-state index in [9.17, 15) is 13.2 Å². The van der Waals surface area contributed by atoms with Gasteiger partial charge in [-0.15, -0.1) is 11.3 Å². The lowest BCUT2D eigenvalue weighted by molar-refractivity contribution is -0.119. The quantitative estimate of drug-likeness (QED) is 0.643. The number of hydrazone groups is 1. The smallest absolute Gasteiger partial charge is 0.260 e. The number of hydrogen-bond donors (Lipinski definition) is 1. The Kier molecular flexibility index (Phi) is 5.29. The number of benzene rings is 1. The van der Waals surface area contributed by atoms with Gasteiger partial charge in [0.2, 0.25) is 10.0 Å². The van der Waals surface area contributed by atoms with Crippen molar-refractivity contribution in [3.8, 4) is 0 Å². The van der Waals surface area contributed by atoms with Crippen LogP contribution >= 0.6 is 11.3 Å². The fraction of sp³-hybridized carbons (Fsp3) is 0.143. The number of para-hydroxylation sites is 1. The molecule has 1 aromatic carbocycles. The monoisotopic (exact) mass is 337 g/mol. The van der Waals surface area contributed by atoms with Crippen LogP contribution in [0.5, 0.6) is 0 Å². The number of rotatable bonds is 6. The molecule has 0 aliphatic rings. The number of sulfonamides is 1. The van der Waals surface area contributed by atoms with Crippen molar-refractivity contribution in [3.63, 3.8) is 0 Å². The second-order valence-corrected chi connectivity index (χ2v) is 7.30. The predicted molar refractivity (Wildman–Crippen MR) is 88.7 cm³/mol. The average molecular weight is 337 g/mol. The van der Waals surface area contributed by atoms with Gasteiger partial charge in [0, 0.05) is 4.88 Å². The first-order valence-electron chi connectivity index (χ1n) is 6.35. The summed E-state index contributed by atoms with van der Waals surface area (Å²) in [7, 11) is -3.56. The van der Waals surface area contributed by atoms with Crippen LogP contribution < -0.4 is 9.73 Å². The summed E-state index contributed by atoms with van der Waals surface area (Å²) in [6, 6.07) is 12.2. The highest BCUT2D eigenvalue weighted by molar-refractivity contribution is 7.92. The van der Waals surface area contributed by atoms with Gasteiger partial charge >= 0.3 is 0 Å². The zero-order valence-corrected chi connectivity index (χ0v) is 13.5. The van der Waals surface area contributed by atoms with E-state index in [1.54, 1.807) is 30.3 Å². The molecule has 0 spiro atoms. The van der Waals surface area contributed by atoms with Crippen molar-refractivity contribution in [1.82, 2.24) is 5.43 Å². The van der Waals surface area contributed by atoms with Gasteiger partial charge in [-0.3, -0.25) is 9.10 Å². The Balaban J connectivity index is 2.03. The number of amides is 1. The van der Waals surface area contributed by atoms with E-state index in [-0.39, 0.29) is 6.54 Å². The molecular weight excluding hydrogens is 322 g/mol. The summed E-state index contributed by atoms with van der Waals surface area (Å²) < 4.78 is 24.7. The van der Waals surface area contributed by atoms with Crippen molar-refractivity contribution < 1.29 is 13.2 Å². The third kappa shape index (κ3) is 4.68. The van der Waals surface area contributed by atoms with Crippen LogP contribution in [0.2, 0.25) is 0 Å². The van der Waals surface area contributed by atoms with Crippen LogP contribution in [-0.4, -0.2) is 33.3 Å². The number of nitrogens with one attached hydrogen (secondary N) is 1. The first-order chi connectivity index (χ1) is 10.5. The molecule has 1 aromatic heterocycles. The van der Waals surface area contributed by atoms with Gasteiger partial charge in [-0.1, -0.05) is 24.3 Å². The zero-order chi connectivity index (χ0) is 16.0. The SMILES string of the molecule is CS(=O)(=O)N(CC(=O)NN=Cc1cccs1)c1ccccc1. The molecule has 1 heterocycles. The Labute approximate surface area is 133 Å². The Morgan fingerprint density at radius 2 is 2.00 bits per heavy atom. The molecule has 0 saturated heterocycles. The van der Waals surface area contributed by atoms with Crippen molar-refractivity contribution in [3.05, 3.63) is 52.7 Å². The highest BCUT2D eigenvalue weighted by atomic mass is 32.2. The highest BCUT2D eigenvalue weighted by Crippen LogP contribution is 2.16. The summed E-state index contributed by atoms with van der Waals surface area (Å²) in [6.07, 6.45) is 2.57. The van der Waals surface area contributed by atoms with Gasteiger partial charge < -0.3 is 0 Å². The Bertz CT molecular complexity index is 741. The number of nitrogens with zero attached hydrogens (tertiary/aromatic N) is 2. The minimum absolute atomic E-state index is 0.329. The number of carbonyl (C=O) groups is 1. The van der Waals surface area contributed by atoms with E-state index < -0.39 is 15.9 Å². The Morgan fingerprint density at radius 3 is 2.59 bits per heavy atom. The van der Waals surface area contributed by atoms with E-state index in [2.05, 4.69) is 10.5 Å². The molecule has 1 N–H and O–H groups in total. The van der Waals surface area contributed by atoms with E-state index in [1.807, 2.05) is 17.5 Å². The predicted octanol–water partition coefficient (Wildman–Crippen LogP) is 1.66. The van der Waals surface area contributed by atoms with Gasteiger partial charge in [0.25, 0.3) is 5.91 Å². The standard InChI is InChI=1S/C14H15N3O3S2/c1-22(19,20)17(12-6-3-2-4-7-12)11-14(18)16-15-10-13-8-5-9-21-13/h2-10H,11H2,1H3,(H,16,18). The topological polar surface area (TPSA) is 78.8 Å². The van der Waals surface area contributed by atoms with Crippen LogP contribution in [0.25, 0.3) is 0 Å². The molecule has 2 aromatic rings. The largest absolute Gasteiger partial charge is 0.271 e. The molecule has 8 heteroatoms. The number of thiophene rings is 1. The summed E-state index contributed by atoms with van der Waals surface area (Å²) in [6.45, 7) is -0.329. The molecule has 2 rings (SSSR count). The third-order valence-electron chi connectivity index (χ3n) is 2.66. The lowest BCUT2D eigenvalue weighted by Gasteiger charge is -2.21. The van der Waals surface area contributed by atoms with Gasteiger partial charge in [-0.05, 0) is 23.6 Å². The van der Waals surface area contributed by atoms with Gasteiger partial charge in [-0.2, -0.15) is 5.10 Å². The van der Waals surface area contributed by atoms with E-state index in [4.69, 9.17) is 0 Å². The maximum atomic E-state index is 11.9. The molecule has 0 atom stereocenters. The third-order valence-corrected chi connectivity index (χ3v) is 4.60. The minimum atomic E-state index is -3.56. The van der Waals surface area contributed by atoms with E-state index >= 15 is 0 Å². The summed E-state index contributed by atoms with van der Waals surface area (Å²) in [5.74, 6) is -0.512. The van der Waals surface area contributed by atoms with Crippen LogP contribution in [0.1, 0.15) is 4.88 Å². The molecule has 0 unspecified atom stereocenters. The molecule has 0 aliphatic heterocycles. The van der Waals surface area contributed by atoms with E-state index in [0.717, 1.165) is 15.4 Å². The summed E-state index contributed by atoms with van der Waals surface area (Å²) in [4.78, 5) is 12.8. The maximum Gasteiger partial charge on any atom is 0.260 e. The summed E-state index contributed by atoms with van der Waals surface area (Å²) in [5.41, 5.74) is 2.76. The Hall–Kier alpha value is -2.19. The molecule has 0 fully saturated rings. The number of hydrogen-bond acceptors (Lipinski definition) is 5. The van der Waals surface area contributed by atoms with Crippen LogP contribution in [0.4, 0.5) is 5.69 Å². The van der Waals surface area contributed by atoms with Crippen molar-refractivity contribution in [2.24, 2.45) is 5.10 Å². The first kappa shape index (κ1) is 16.2. The molecular formula is C14H15N3O3S2. The van der Waals surface area contributed by atoms with Gasteiger partial charge in [0.1, 0.15) is 6.54 Å². The summed E-state index contributed by atoms with van der Waals surface area (Å²) >= 11 is 1.48. The van der Waals surface area contributed by atoms with Crippen LogP contribution in [0.3, 0.4) is 0 Å². The van der Waals surface area contributed by atoms with Crippen LogP contribution in [-0.2, 0) is 14.8 Å². The number of carbonyl (C=O) groups excluding carboxylic acids is 1. The Morgan fingerprint density at radius 1 is 1.27 bits per heavy atom. The van der Waals surface area contributed by atoms with Crippen molar-refractivity contribution in [2.45, 2.75) is 0 Å². The van der Waals surface area contributed by atoms with Crippen molar-refractivity contribution >= 4 is 39.2 Å². The number of anilines is 1. The zero-order valence-electron chi connectivity index (χ0n) is 11.8. The normalized spacial score (nSPS) is 11.5. The lowest BCUT2D eigenvalue weighted by atomic mass is 10.3. The van der Waals surface area contributed by atoms with Gasteiger partial charge in [0.15, 0.2) is 0 Å². The molecule has 22 heavy (non-hydrogen) atoms. The molecule has 6 nitrogen and oxygen atoms in total. The minimum Gasteiger partial charge on any atom is -0.271 e. The second kappa shape index (κ2) is 7.19. The highest BCUT2D eigenvalue weighted by Gasteiger charge is 2.20. The molecule has 0 saturated carbocycles. The molecule has 0 radical (unpaired) electrons. The molecule has 1 amide bonds. The van der Waals surface area contributed by atoms with Crippen LogP contribution in [0.15, 0.2) is 52.9 Å².